The molecular formula is C32H67NO5P+. The molecule has 234 valence electrons. The van der Waals surface area contributed by atoms with E-state index in [1.807, 2.05) is 0 Å². The molecule has 0 heterocycles. The Hall–Kier alpha value is 0.0300. The number of nitrogens with zero attached hydrogens (tertiary/aromatic N) is 1. The number of hydrogen-bond acceptors (Lipinski definition) is 4. The molecule has 2 atom stereocenters. The summed E-state index contributed by atoms with van der Waals surface area (Å²) in [6.45, 7) is 3.83. The summed E-state index contributed by atoms with van der Waals surface area (Å²) in [6, 6.07) is 0. The Bertz CT molecular complexity index is 618. The van der Waals surface area contributed by atoms with Gasteiger partial charge in [0, 0.05) is 26.6 Å². The van der Waals surface area contributed by atoms with Crippen LogP contribution in [0.2, 0.25) is 0 Å². The van der Waals surface area contributed by atoms with E-state index in [4.69, 9.17) is 14.0 Å². The zero-order chi connectivity index (χ0) is 28.9. The van der Waals surface area contributed by atoms with E-state index in [1.54, 1.807) is 7.11 Å². The molecule has 0 aromatic rings. The van der Waals surface area contributed by atoms with Crippen molar-refractivity contribution in [2.24, 2.45) is 0 Å². The fraction of sp³-hybridized carbons (Fsp3) is 1.00. The molecule has 0 saturated heterocycles. The highest BCUT2D eigenvalue weighted by atomic mass is 31.2. The minimum absolute atomic E-state index is 0.0604. The van der Waals surface area contributed by atoms with Crippen LogP contribution in [0.3, 0.4) is 0 Å². The van der Waals surface area contributed by atoms with Crippen LogP contribution in [0.4, 0.5) is 0 Å². The maximum absolute atomic E-state index is 12.7. The van der Waals surface area contributed by atoms with Crippen molar-refractivity contribution in [2.45, 2.75) is 153 Å². The van der Waals surface area contributed by atoms with E-state index in [9.17, 15) is 9.46 Å². The van der Waals surface area contributed by atoms with Crippen molar-refractivity contribution in [2.75, 3.05) is 54.2 Å². The smallest absolute Gasteiger partial charge is 0.328 e. The van der Waals surface area contributed by atoms with Gasteiger partial charge in [-0.25, -0.2) is 0 Å². The number of unbranched alkanes of at least 4 members (excludes halogenated alkanes) is 15. The molecule has 6 nitrogen and oxygen atoms in total. The maximum Gasteiger partial charge on any atom is 0.328 e. The standard InChI is InChI=1S/C32H66NO5P/c1-6-7-8-9-10-11-12-13-14-15-16-17-18-19-20-23-27-37-29-31(36-5)24-28-39(34,35)38-30-32(33(2,3)4)25-21-22-26-32/h31H,6-30H2,1-5H3/p+1. The minimum Gasteiger partial charge on any atom is -0.379 e. The molecule has 1 fully saturated rings. The van der Waals surface area contributed by atoms with E-state index < -0.39 is 7.60 Å². The van der Waals surface area contributed by atoms with Gasteiger partial charge in [0.2, 0.25) is 0 Å². The summed E-state index contributed by atoms with van der Waals surface area (Å²) in [6.07, 6.45) is 26.7. The Morgan fingerprint density at radius 1 is 0.795 bits per heavy atom. The molecular weight excluding hydrogens is 509 g/mol. The normalized spacial score (nSPS) is 17.9. The summed E-state index contributed by atoms with van der Waals surface area (Å²) >= 11 is 0. The second-order valence-corrected chi connectivity index (χ2v) is 15.1. The largest absolute Gasteiger partial charge is 0.379 e. The summed E-state index contributed by atoms with van der Waals surface area (Å²) in [5, 5.41) is 0. The first-order chi connectivity index (χ1) is 18.7. The second-order valence-electron chi connectivity index (χ2n) is 13.1. The molecule has 39 heavy (non-hydrogen) atoms. The summed E-state index contributed by atoms with van der Waals surface area (Å²) in [5.74, 6) is 0. The van der Waals surface area contributed by atoms with Gasteiger partial charge in [0.05, 0.1) is 40.0 Å². The number of hydrogen-bond donors (Lipinski definition) is 1. The van der Waals surface area contributed by atoms with Gasteiger partial charge in [0.25, 0.3) is 0 Å². The molecule has 1 rings (SSSR count). The molecule has 0 aliphatic heterocycles. The number of rotatable bonds is 27. The molecule has 1 aliphatic carbocycles. The topological polar surface area (TPSA) is 65.0 Å². The number of quaternary nitrogens is 1. The van der Waals surface area contributed by atoms with Crippen LogP contribution in [0.5, 0.6) is 0 Å². The van der Waals surface area contributed by atoms with Gasteiger partial charge in [-0.3, -0.25) is 4.57 Å². The maximum atomic E-state index is 12.7. The molecule has 0 radical (unpaired) electrons. The number of likely N-dealkylation sites (N-methyl/N-ethyl adjacent to an activating group) is 1. The third kappa shape index (κ3) is 17.6. The van der Waals surface area contributed by atoms with Crippen LogP contribution >= 0.6 is 7.60 Å². The van der Waals surface area contributed by atoms with Crippen molar-refractivity contribution in [3.05, 3.63) is 0 Å². The molecule has 1 aliphatic rings. The van der Waals surface area contributed by atoms with Crippen LogP contribution in [0, 0.1) is 0 Å². The third-order valence-corrected chi connectivity index (χ3v) is 10.4. The molecule has 1 saturated carbocycles. The zero-order valence-corrected chi connectivity index (χ0v) is 27.6. The fourth-order valence-corrected chi connectivity index (χ4v) is 7.06. The molecule has 0 amide bonds. The number of ether oxygens (including phenoxy) is 2. The van der Waals surface area contributed by atoms with Gasteiger partial charge in [-0.2, -0.15) is 0 Å². The van der Waals surface area contributed by atoms with Gasteiger partial charge in [-0.05, 0) is 25.7 Å². The fourth-order valence-electron chi connectivity index (χ4n) is 5.87. The van der Waals surface area contributed by atoms with E-state index in [1.165, 1.54) is 96.3 Å². The van der Waals surface area contributed by atoms with Crippen LogP contribution < -0.4 is 0 Å². The highest BCUT2D eigenvalue weighted by Gasteiger charge is 2.47. The molecule has 0 spiro atoms. The van der Waals surface area contributed by atoms with Gasteiger partial charge in [0.15, 0.2) is 0 Å². The van der Waals surface area contributed by atoms with Crippen LogP contribution in [0.25, 0.3) is 0 Å². The van der Waals surface area contributed by atoms with Crippen molar-refractivity contribution >= 4 is 7.60 Å². The van der Waals surface area contributed by atoms with Gasteiger partial charge < -0.3 is 23.4 Å². The lowest BCUT2D eigenvalue weighted by molar-refractivity contribution is -0.923. The molecule has 1 N–H and O–H groups in total. The molecule has 0 aromatic heterocycles. The molecule has 7 heteroatoms. The average Bonchev–Trinajstić information content (AvgIpc) is 3.39. The lowest BCUT2D eigenvalue weighted by Gasteiger charge is -2.44. The zero-order valence-electron chi connectivity index (χ0n) is 26.7. The highest BCUT2D eigenvalue weighted by molar-refractivity contribution is 7.52. The quantitative estimate of drug-likeness (QED) is 0.0601. The second kappa shape index (κ2) is 21.7. The van der Waals surface area contributed by atoms with E-state index in [0.717, 1.165) is 43.2 Å². The first-order valence-corrected chi connectivity index (χ1v) is 18.3. The van der Waals surface area contributed by atoms with Gasteiger partial charge in [-0.15, -0.1) is 0 Å². The van der Waals surface area contributed by atoms with E-state index >= 15 is 0 Å². The number of methoxy groups -OCH3 is 1. The minimum atomic E-state index is -3.65. The Morgan fingerprint density at radius 2 is 1.26 bits per heavy atom. The molecule has 0 bridgehead atoms. The lowest BCUT2D eigenvalue weighted by Crippen LogP contribution is -2.58. The predicted octanol–water partition coefficient (Wildman–Crippen LogP) is 8.89. The highest BCUT2D eigenvalue weighted by Crippen LogP contribution is 2.47. The Kier molecular flexibility index (Phi) is 20.6. The van der Waals surface area contributed by atoms with Crippen molar-refractivity contribution in [1.82, 2.24) is 0 Å². The van der Waals surface area contributed by atoms with Crippen molar-refractivity contribution < 1.29 is 27.9 Å². The van der Waals surface area contributed by atoms with E-state index in [-0.39, 0.29) is 17.8 Å². The first-order valence-electron chi connectivity index (χ1n) is 16.5. The van der Waals surface area contributed by atoms with Crippen molar-refractivity contribution in [3.8, 4) is 0 Å². The first kappa shape index (κ1) is 37.1. The van der Waals surface area contributed by atoms with Gasteiger partial charge >= 0.3 is 7.60 Å². The Labute approximate surface area is 243 Å². The van der Waals surface area contributed by atoms with Crippen LogP contribution in [0.1, 0.15) is 142 Å². The van der Waals surface area contributed by atoms with E-state index in [2.05, 4.69) is 28.1 Å². The predicted molar refractivity (Wildman–Crippen MR) is 166 cm³/mol. The van der Waals surface area contributed by atoms with Crippen molar-refractivity contribution in [1.29, 1.82) is 0 Å². The van der Waals surface area contributed by atoms with Gasteiger partial charge in [0.1, 0.15) is 12.1 Å². The summed E-state index contributed by atoms with van der Waals surface area (Å²) in [5.41, 5.74) is -0.0604. The monoisotopic (exact) mass is 576 g/mol. The third-order valence-electron chi connectivity index (χ3n) is 9.01. The SMILES string of the molecule is CCCCCCCCCCCCCCCCCCOCC(CCP(=O)(O)OCC1([N+](C)(C)C)CCCC1)OC. The summed E-state index contributed by atoms with van der Waals surface area (Å²) in [7, 11) is 4.49. The summed E-state index contributed by atoms with van der Waals surface area (Å²) in [4.78, 5) is 10.5. The van der Waals surface area contributed by atoms with Crippen LogP contribution in [0.15, 0.2) is 0 Å². The summed E-state index contributed by atoms with van der Waals surface area (Å²) < 4.78 is 30.5. The lowest BCUT2D eigenvalue weighted by atomic mass is 9.95. The Morgan fingerprint density at radius 3 is 1.69 bits per heavy atom. The Balaban J connectivity index is 1.99. The molecule has 0 aromatic carbocycles. The molecule has 2 unspecified atom stereocenters. The van der Waals surface area contributed by atoms with E-state index in [0.29, 0.717) is 19.6 Å². The van der Waals surface area contributed by atoms with Crippen LogP contribution in [-0.2, 0) is 18.6 Å². The average molecular weight is 577 g/mol. The van der Waals surface area contributed by atoms with Gasteiger partial charge in [-0.1, -0.05) is 103 Å². The van der Waals surface area contributed by atoms with Crippen LogP contribution in [-0.4, -0.2) is 75.3 Å². The van der Waals surface area contributed by atoms with Crippen molar-refractivity contribution in [3.63, 3.8) is 0 Å².